The number of rotatable bonds is 4. The lowest BCUT2D eigenvalue weighted by Crippen LogP contribution is -2.12. The SMILES string of the molecule is Cn1nccc1CCC(N)c1ccc(Cl)c(Cl)c1. The van der Waals surface area contributed by atoms with Crippen molar-refractivity contribution in [2.24, 2.45) is 12.8 Å². The van der Waals surface area contributed by atoms with Gasteiger partial charge in [0.15, 0.2) is 0 Å². The van der Waals surface area contributed by atoms with Crippen LogP contribution >= 0.6 is 23.2 Å². The average Bonchev–Trinajstić information content (AvgIpc) is 2.75. The highest BCUT2D eigenvalue weighted by molar-refractivity contribution is 6.42. The van der Waals surface area contributed by atoms with Gasteiger partial charge in [0.05, 0.1) is 10.0 Å². The first-order valence-corrected chi connectivity index (χ1v) is 6.51. The summed E-state index contributed by atoms with van der Waals surface area (Å²) in [6.45, 7) is 0. The number of nitrogens with zero attached hydrogens (tertiary/aromatic N) is 2. The molecule has 0 bridgehead atoms. The van der Waals surface area contributed by atoms with Crippen molar-refractivity contribution in [3.63, 3.8) is 0 Å². The van der Waals surface area contributed by atoms with Gasteiger partial charge >= 0.3 is 0 Å². The monoisotopic (exact) mass is 283 g/mol. The molecule has 0 saturated carbocycles. The van der Waals surface area contributed by atoms with Crippen molar-refractivity contribution in [1.29, 1.82) is 0 Å². The summed E-state index contributed by atoms with van der Waals surface area (Å²) in [4.78, 5) is 0. The predicted molar refractivity (Wildman–Crippen MR) is 74.9 cm³/mol. The molecule has 3 nitrogen and oxygen atoms in total. The van der Waals surface area contributed by atoms with Gasteiger partial charge in [-0.15, -0.1) is 0 Å². The van der Waals surface area contributed by atoms with E-state index in [1.165, 1.54) is 5.69 Å². The Morgan fingerprint density at radius 2 is 2.06 bits per heavy atom. The van der Waals surface area contributed by atoms with E-state index < -0.39 is 0 Å². The highest BCUT2D eigenvalue weighted by atomic mass is 35.5. The zero-order chi connectivity index (χ0) is 13.1. The van der Waals surface area contributed by atoms with Gasteiger partial charge in [-0.1, -0.05) is 29.3 Å². The second-order valence-corrected chi connectivity index (χ2v) is 5.08. The fourth-order valence-corrected chi connectivity index (χ4v) is 2.17. The molecular weight excluding hydrogens is 269 g/mol. The molecule has 5 heteroatoms. The Hall–Kier alpha value is -1.03. The molecule has 1 aromatic heterocycles. The first-order valence-electron chi connectivity index (χ1n) is 5.75. The van der Waals surface area contributed by atoms with Crippen LogP contribution in [0.2, 0.25) is 10.0 Å². The fraction of sp³-hybridized carbons (Fsp3) is 0.308. The molecule has 0 fully saturated rings. The highest BCUT2D eigenvalue weighted by Gasteiger charge is 2.09. The molecule has 18 heavy (non-hydrogen) atoms. The second-order valence-electron chi connectivity index (χ2n) is 4.26. The number of hydrogen-bond donors (Lipinski definition) is 1. The quantitative estimate of drug-likeness (QED) is 0.935. The molecule has 0 amide bonds. The molecule has 96 valence electrons. The molecule has 1 atom stereocenters. The molecule has 0 aliphatic rings. The van der Waals surface area contributed by atoms with Crippen LogP contribution in [0.5, 0.6) is 0 Å². The van der Waals surface area contributed by atoms with Crippen molar-refractivity contribution in [3.05, 3.63) is 51.8 Å². The minimum absolute atomic E-state index is 0.0466. The number of halogens is 2. The minimum atomic E-state index is -0.0466. The van der Waals surface area contributed by atoms with Crippen molar-refractivity contribution in [2.45, 2.75) is 18.9 Å². The first kappa shape index (κ1) is 13.4. The maximum absolute atomic E-state index is 6.15. The normalized spacial score (nSPS) is 12.7. The zero-order valence-electron chi connectivity index (χ0n) is 10.1. The summed E-state index contributed by atoms with van der Waals surface area (Å²) in [6, 6.07) is 7.49. The van der Waals surface area contributed by atoms with E-state index in [1.807, 2.05) is 29.9 Å². The van der Waals surface area contributed by atoms with Gasteiger partial charge in [0.2, 0.25) is 0 Å². The number of nitrogens with two attached hydrogens (primary N) is 1. The van der Waals surface area contributed by atoms with Gasteiger partial charge < -0.3 is 5.73 Å². The van der Waals surface area contributed by atoms with Crippen LogP contribution in [-0.4, -0.2) is 9.78 Å². The Balaban J connectivity index is 2.01. The van der Waals surface area contributed by atoms with Crippen molar-refractivity contribution >= 4 is 23.2 Å². The van der Waals surface area contributed by atoms with E-state index >= 15 is 0 Å². The van der Waals surface area contributed by atoms with E-state index in [1.54, 1.807) is 12.3 Å². The lowest BCUT2D eigenvalue weighted by Gasteiger charge is -2.12. The smallest absolute Gasteiger partial charge is 0.0595 e. The lowest BCUT2D eigenvalue weighted by molar-refractivity contribution is 0.614. The Morgan fingerprint density at radius 3 is 2.67 bits per heavy atom. The number of aromatic nitrogens is 2. The van der Waals surface area contributed by atoms with Crippen LogP contribution in [0.15, 0.2) is 30.5 Å². The Kier molecular flexibility index (Phi) is 4.27. The summed E-state index contributed by atoms with van der Waals surface area (Å²) in [6.07, 6.45) is 3.52. The van der Waals surface area contributed by atoms with E-state index in [9.17, 15) is 0 Å². The first-order chi connectivity index (χ1) is 8.58. The van der Waals surface area contributed by atoms with E-state index in [2.05, 4.69) is 5.10 Å². The number of aryl methyl sites for hydroxylation is 2. The fourth-order valence-electron chi connectivity index (χ4n) is 1.86. The van der Waals surface area contributed by atoms with Gasteiger partial charge in [-0.2, -0.15) is 5.10 Å². The molecule has 2 N–H and O–H groups in total. The third-order valence-electron chi connectivity index (χ3n) is 3.01. The predicted octanol–water partition coefficient (Wildman–Crippen LogP) is 3.36. The minimum Gasteiger partial charge on any atom is -0.324 e. The largest absolute Gasteiger partial charge is 0.324 e. The molecule has 1 unspecified atom stereocenters. The van der Waals surface area contributed by atoms with Crippen molar-refractivity contribution in [1.82, 2.24) is 9.78 Å². The number of benzene rings is 1. The summed E-state index contributed by atoms with van der Waals surface area (Å²) >= 11 is 11.9. The standard InChI is InChI=1S/C13H15Cl2N3/c1-18-10(6-7-17-18)3-5-13(16)9-2-4-11(14)12(15)8-9/h2,4,6-8,13H,3,5,16H2,1H3. The van der Waals surface area contributed by atoms with Crippen molar-refractivity contribution in [2.75, 3.05) is 0 Å². The van der Waals surface area contributed by atoms with Crippen molar-refractivity contribution < 1.29 is 0 Å². The molecular formula is C13H15Cl2N3. The summed E-state index contributed by atoms with van der Waals surface area (Å²) in [5, 5.41) is 5.23. The summed E-state index contributed by atoms with van der Waals surface area (Å²) < 4.78 is 1.86. The molecule has 0 spiro atoms. The topological polar surface area (TPSA) is 43.8 Å². The third-order valence-corrected chi connectivity index (χ3v) is 3.74. The van der Waals surface area contributed by atoms with E-state index in [0.29, 0.717) is 10.0 Å². The second kappa shape index (κ2) is 5.74. The molecule has 0 saturated heterocycles. The highest BCUT2D eigenvalue weighted by Crippen LogP contribution is 2.26. The van der Waals surface area contributed by atoms with Gasteiger partial charge in [-0.3, -0.25) is 4.68 Å². The Bertz CT molecular complexity index is 537. The van der Waals surface area contributed by atoms with Gasteiger partial charge in [0, 0.05) is 25.0 Å². The maximum Gasteiger partial charge on any atom is 0.0595 e. The van der Waals surface area contributed by atoms with Crippen LogP contribution in [0.4, 0.5) is 0 Å². The molecule has 1 aromatic carbocycles. The van der Waals surface area contributed by atoms with Crippen LogP contribution in [0.25, 0.3) is 0 Å². The summed E-state index contributed by atoms with van der Waals surface area (Å²) in [5.41, 5.74) is 8.33. The van der Waals surface area contributed by atoms with Crippen LogP contribution in [0, 0.1) is 0 Å². The third kappa shape index (κ3) is 3.05. The lowest BCUT2D eigenvalue weighted by atomic mass is 10.0. The summed E-state index contributed by atoms with van der Waals surface area (Å²) in [5.74, 6) is 0. The molecule has 0 aliphatic carbocycles. The van der Waals surface area contributed by atoms with Crippen molar-refractivity contribution in [3.8, 4) is 0 Å². The van der Waals surface area contributed by atoms with Crippen LogP contribution < -0.4 is 5.73 Å². The Labute approximate surface area is 117 Å². The number of hydrogen-bond acceptors (Lipinski definition) is 2. The molecule has 2 rings (SSSR count). The summed E-state index contributed by atoms with van der Waals surface area (Å²) in [7, 11) is 1.93. The van der Waals surface area contributed by atoms with Gasteiger partial charge in [0.1, 0.15) is 0 Å². The molecule has 0 radical (unpaired) electrons. The van der Waals surface area contributed by atoms with Crippen LogP contribution in [0.3, 0.4) is 0 Å². The van der Waals surface area contributed by atoms with Gasteiger partial charge in [-0.25, -0.2) is 0 Å². The van der Waals surface area contributed by atoms with E-state index in [-0.39, 0.29) is 6.04 Å². The van der Waals surface area contributed by atoms with Crippen LogP contribution in [0.1, 0.15) is 23.7 Å². The maximum atomic E-state index is 6.15. The van der Waals surface area contributed by atoms with E-state index in [4.69, 9.17) is 28.9 Å². The molecule has 0 aliphatic heterocycles. The average molecular weight is 284 g/mol. The zero-order valence-corrected chi connectivity index (χ0v) is 11.6. The van der Waals surface area contributed by atoms with E-state index in [0.717, 1.165) is 18.4 Å². The molecule has 2 aromatic rings. The molecule has 1 heterocycles. The van der Waals surface area contributed by atoms with Gasteiger partial charge in [-0.05, 0) is 36.6 Å². The Morgan fingerprint density at radius 1 is 1.28 bits per heavy atom. The van der Waals surface area contributed by atoms with Gasteiger partial charge in [0.25, 0.3) is 0 Å². The van der Waals surface area contributed by atoms with Crippen LogP contribution in [-0.2, 0) is 13.5 Å².